The summed E-state index contributed by atoms with van der Waals surface area (Å²) >= 11 is 0. The van der Waals surface area contributed by atoms with Crippen molar-refractivity contribution in [2.45, 2.75) is 32.4 Å². The summed E-state index contributed by atoms with van der Waals surface area (Å²) in [5.74, 6) is 2.06. The number of H-pyrrole nitrogens is 1. The first-order valence-electron chi connectivity index (χ1n) is 12.3. The molecule has 0 amide bonds. The van der Waals surface area contributed by atoms with Crippen molar-refractivity contribution in [1.29, 1.82) is 0 Å². The molecule has 9 nitrogen and oxygen atoms in total. The number of aromatic amines is 1. The Labute approximate surface area is 206 Å². The van der Waals surface area contributed by atoms with Crippen LogP contribution in [-0.4, -0.2) is 56.4 Å². The van der Waals surface area contributed by atoms with Gasteiger partial charge >= 0.3 is 0 Å². The number of hydrogen-bond donors (Lipinski definition) is 1. The molecule has 186 valence electrons. The molecule has 0 saturated carbocycles. The molecule has 2 aliphatic rings. The van der Waals surface area contributed by atoms with Gasteiger partial charge in [-0.15, -0.1) is 5.10 Å². The number of pyridine rings is 1. The number of nitrogens with zero attached hydrogens (tertiary/aromatic N) is 5. The number of rotatable bonds is 5. The number of benzene rings is 2. The zero-order chi connectivity index (χ0) is 24.6. The van der Waals surface area contributed by atoms with E-state index in [1.54, 1.807) is 16.8 Å². The molecular formula is C26H27FN6O3. The SMILES string of the molecule is C[C@@H]1CCCN([C@@H](c2cc3cc4c(cc3[nH]c2=O)OCCO4)c2nnnn2Cc2ccc(F)cc2)C1. The van der Waals surface area contributed by atoms with Crippen LogP contribution in [-0.2, 0) is 6.54 Å². The first-order chi connectivity index (χ1) is 17.5. The third-order valence-corrected chi connectivity index (χ3v) is 6.93. The average Bonchev–Trinajstić information content (AvgIpc) is 3.32. The lowest BCUT2D eigenvalue weighted by molar-refractivity contribution is 0.141. The van der Waals surface area contributed by atoms with Gasteiger partial charge in [-0.1, -0.05) is 19.1 Å². The minimum Gasteiger partial charge on any atom is -0.486 e. The molecule has 0 aliphatic carbocycles. The van der Waals surface area contributed by atoms with E-state index >= 15 is 0 Å². The summed E-state index contributed by atoms with van der Waals surface area (Å²) in [6.45, 7) is 5.21. The number of tetrazole rings is 1. The fourth-order valence-corrected chi connectivity index (χ4v) is 5.20. The second kappa shape index (κ2) is 9.34. The van der Waals surface area contributed by atoms with Gasteiger partial charge in [-0.2, -0.15) is 0 Å². The van der Waals surface area contributed by atoms with Gasteiger partial charge in [-0.25, -0.2) is 9.07 Å². The summed E-state index contributed by atoms with van der Waals surface area (Å²) in [5, 5.41) is 13.4. The fraction of sp³-hybridized carbons (Fsp3) is 0.385. The Morgan fingerprint density at radius 3 is 2.69 bits per heavy atom. The molecule has 2 aromatic heterocycles. The molecule has 2 atom stereocenters. The van der Waals surface area contributed by atoms with Gasteiger partial charge in [0.25, 0.3) is 5.56 Å². The summed E-state index contributed by atoms with van der Waals surface area (Å²) in [4.78, 5) is 18.8. The van der Waals surface area contributed by atoms with Gasteiger partial charge in [0.05, 0.1) is 12.1 Å². The molecular weight excluding hydrogens is 463 g/mol. The zero-order valence-corrected chi connectivity index (χ0v) is 20.0. The molecule has 4 heterocycles. The van der Waals surface area contributed by atoms with Crippen LogP contribution in [0.1, 0.15) is 42.8 Å². The number of hydrogen-bond acceptors (Lipinski definition) is 7. The van der Waals surface area contributed by atoms with Crippen LogP contribution in [0.4, 0.5) is 4.39 Å². The number of piperidine rings is 1. The molecule has 1 saturated heterocycles. The number of likely N-dealkylation sites (tertiary alicyclic amines) is 1. The number of fused-ring (bicyclic) bond motifs is 2. The highest BCUT2D eigenvalue weighted by Gasteiger charge is 2.33. The summed E-state index contributed by atoms with van der Waals surface area (Å²) < 4.78 is 26.6. The molecule has 0 bridgehead atoms. The molecule has 1 N–H and O–H groups in total. The number of ether oxygens (including phenoxy) is 2. The minimum absolute atomic E-state index is 0.196. The predicted molar refractivity (Wildman–Crippen MR) is 131 cm³/mol. The Morgan fingerprint density at radius 1 is 1.14 bits per heavy atom. The van der Waals surface area contributed by atoms with E-state index in [0.717, 1.165) is 36.9 Å². The average molecular weight is 491 g/mol. The number of halogens is 1. The fourth-order valence-electron chi connectivity index (χ4n) is 5.20. The zero-order valence-electron chi connectivity index (χ0n) is 20.0. The summed E-state index contributed by atoms with van der Waals surface area (Å²) in [5.41, 5.74) is 1.93. The van der Waals surface area contributed by atoms with E-state index in [1.807, 2.05) is 18.2 Å². The van der Waals surface area contributed by atoms with Crippen LogP contribution >= 0.6 is 0 Å². The van der Waals surface area contributed by atoms with E-state index in [4.69, 9.17) is 9.47 Å². The van der Waals surface area contributed by atoms with Crippen LogP contribution in [0.15, 0.2) is 47.3 Å². The van der Waals surface area contributed by atoms with Crippen molar-refractivity contribution in [1.82, 2.24) is 30.1 Å². The van der Waals surface area contributed by atoms with Gasteiger partial charge in [0.15, 0.2) is 17.3 Å². The second-order valence-electron chi connectivity index (χ2n) is 9.60. The maximum absolute atomic E-state index is 13.5. The van der Waals surface area contributed by atoms with Crippen molar-refractivity contribution in [3.63, 3.8) is 0 Å². The summed E-state index contributed by atoms with van der Waals surface area (Å²) in [6.07, 6.45) is 2.17. The lowest BCUT2D eigenvalue weighted by atomic mass is 9.95. The quantitative estimate of drug-likeness (QED) is 0.458. The molecule has 4 aromatic rings. The smallest absolute Gasteiger partial charge is 0.253 e. The Kier molecular flexibility index (Phi) is 5.88. The molecule has 36 heavy (non-hydrogen) atoms. The van der Waals surface area contributed by atoms with Crippen molar-refractivity contribution in [3.8, 4) is 11.5 Å². The van der Waals surface area contributed by atoms with Crippen LogP contribution in [0.2, 0.25) is 0 Å². The van der Waals surface area contributed by atoms with Crippen molar-refractivity contribution >= 4 is 10.9 Å². The molecule has 2 aromatic carbocycles. The van der Waals surface area contributed by atoms with Crippen LogP contribution in [0.5, 0.6) is 11.5 Å². The third kappa shape index (κ3) is 4.32. The lowest BCUT2D eigenvalue weighted by Crippen LogP contribution is -2.41. The van der Waals surface area contributed by atoms with Gasteiger partial charge in [-0.3, -0.25) is 9.69 Å². The maximum atomic E-state index is 13.5. The molecule has 1 fully saturated rings. The molecule has 0 radical (unpaired) electrons. The largest absolute Gasteiger partial charge is 0.486 e. The highest BCUT2D eigenvalue weighted by Crippen LogP contribution is 2.36. The van der Waals surface area contributed by atoms with Crippen molar-refractivity contribution in [2.24, 2.45) is 5.92 Å². The Bertz CT molecular complexity index is 1450. The van der Waals surface area contributed by atoms with Gasteiger partial charge < -0.3 is 14.5 Å². The van der Waals surface area contributed by atoms with Gasteiger partial charge in [0.1, 0.15) is 25.1 Å². The van der Waals surface area contributed by atoms with E-state index in [-0.39, 0.29) is 11.4 Å². The van der Waals surface area contributed by atoms with E-state index in [9.17, 15) is 9.18 Å². The van der Waals surface area contributed by atoms with Crippen molar-refractivity contribution in [2.75, 3.05) is 26.3 Å². The molecule has 10 heteroatoms. The van der Waals surface area contributed by atoms with E-state index < -0.39 is 6.04 Å². The topological polar surface area (TPSA) is 98.2 Å². The molecule has 0 spiro atoms. The highest BCUT2D eigenvalue weighted by molar-refractivity contribution is 5.83. The minimum atomic E-state index is -0.440. The van der Waals surface area contributed by atoms with Crippen LogP contribution in [0.25, 0.3) is 10.9 Å². The van der Waals surface area contributed by atoms with Gasteiger partial charge in [-0.05, 0) is 65.6 Å². The predicted octanol–water partition coefficient (Wildman–Crippen LogP) is 3.29. The third-order valence-electron chi connectivity index (χ3n) is 6.93. The second-order valence-corrected chi connectivity index (χ2v) is 9.60. The first-order valence-corrected chi connectivity index (χ1v) is 12.3. The van der Waals surface area contributed by atoms with E-state index in [1.165, 1.54) is 12.1 Å². The number of aromatic nitrogens is 5. The summed E-state index contributed by atoms with van der Waals surface area (Å²) in [6, 6.07) is 11.5. The maximum Gasteiger partial charge on any atom is 0.253 e. The summed E-state index contributed by atoms with van der Waals surface area (Å²) in [7, 11) is 0. The molecule has 6 rings (SSSR count). The monoisotopic (exact) mass is 490 g/mol. The highest BCUT2D eigenvalue weighted by atomic mass is 19.1. The number of nitrogens with one attached hydrogen (secondary N) is 1. The first kappa shape index (κ1) is 22.7. The van der Waals surface area contributed by atoms with E-state index in [0.29, 0.717) is 54.1 Å². The van der Waals surface area contributed by atoms with Crippen LogP contribution in [0.3, 0.4) is 0 Å². The van der Waals surface area contributed by atoms with Crippen molar-refractivity contribution in [3.05, 3.63) is 75.6 Å². The normalized spacial score (nSPS) is 18.9. The molecule has 0 unspecified atom stereocenters. The lowest BCUT2D eigenvalue weighted by Gasteiger charge is -2.36. The van der Waals surface area contributed by atoms with Crippen LogP contribution < -0.4 is 15.0 Å². The Hall–Kier alpha value is -3.79. The van der Waals surface area contributed by atoms with Gasteiger partial charge in [0.2, 0.25) is 0 Å². The van der Waals surface area contributed by atoms with Crippen LogP contribution in [0, 0.1) is 11.7 Å². The standard InChI is InChI=1S/C26H27FN6O3/c1-16-3-2-8-32(14-16)24(25-29-30-31-33(25)15-17-4-6-19(27)7-5-17)20-11-18-12-22-23(36-10-9-35-22)13-21(18)28-26(20)34/h4-7,11-13,16,24H,2-3,8-10,14-15H2,1H3,(H,28,34)/t16-,24+/m1/s1. The van der Waals surface area contributed by atoms with E-state index in [2.05, 4.69) is 32.3 Å². The van der Waals surface area contributed by atoms with Crippen molar-refractivity contribution < 1.29 is 13.9 Å². The Morgan fingerprint density at radius 2 is 1.92 bits per heavy atom. The Balaban J connectivity index is 1.46. The molecule has 2 aliphatic heterocycles. The van der Waals surface area contributed by atoms with Gasteiger partial charge in [0, 0.05) is 23.6 Å².